The first-order valence-electron chi connectivity index (χ1n) is 7.91. The minimum atomic E-state index is -1.00. The van der Waals surface area contributed by atoms with Crippen LogP contribution in [0.15, 0.2) is 53.6 Å². The summed E-state index contributed by atoms with van der Waals surface area (Å²) >= 11 is 0. The third kappa shape index (κ3) is 1.67. The van der Waals surface area contributed by atoms with Crippen LogP contribution >= 0.6 is 0 Å². The van der Waals surface area contributed by atoms with Gasteiger partial charge in [0.2, 0.25) is 0 Å². The van der Waals surface area contributed by atoms with E-state index in [4.69, 9.17) is 0 Å². The normalized spacial score (nSPS) is 24.1. The van der Waals surface area contributed by atoms with Crippen LogP contribution in [0.1, 0.15) is 26.3 Å². The quantitative estimate of drug-likeness (QED) is 0.870. The Balaban J connectivity index is 1.85. The maximum Gasteiger partial charge on any atom is 0.279 e. The van der Waals surface area contributed by atoms with E-state index in [2.05, 4.69) is 10.4 Å². The van der Waals surface area contributed by atoms with Crippen LogP contribution in [-0.2, 0) is 10.2 Å². The molecular weight excluding hydrogens is 305 g/mol. The van der Waals surface area contributed by atoms with Gasteiger partial charge in [-0.1, -0.05) is 38.1 Å². The maximum absolute atomic E-state index is 13.7. The number of hydrazone groups is 1. The molecule has 0 bridgehead atoms. The molecule has 1 unspecified atom stereocenters. The van der Waals surface area contributed by atoms with E-state index in [1.165, 1.54) is 17.1 Å². The van der Waals surface area contributed by atoms with Crippen molar-refractivity contribution < 1.29 is 9.18 Å². The van der Waals surface area contributed by atoms with Gasteiger partial charge in [0.15, 0.2) is 5.54 Å². The Morgan fingerprint density at radius 2 is 1.83 bits per heavy atom. The number of hydrogen-bond acceptors (Lipinski definition) is 3. The number of nitrogens with zero attached hydrogens (tertiary/aromatic N) is 2. The summed E-state index contributed by atoms with van der Waals surface area (Å²) in [5, 5.41) is 9.24. The Kier molecular flexibility index (Phi) is 2.89. The molecule has 0 saturated carbocycles. The summed E-state index contributed by atoms with van der Waals surface area (Å²) in [5.41, 5.74) is 1.42. The first kappa shape index (κ1) is 14.9. The van der Waals surface area contributed by atoms with Crippen molar-refractivity contribution in [1.29, 1.82) is 0 Å². The topological polar surface area (TPSA) is 44.7 Å². The molecule has 0 fully saturated rings. The van der Waals surface area contributed by atoms with Gasteiger partial charge in [0.25, 0.3) is 5.91 Å². The lowest BCUT2D eigenvalue weighted by Crippen LogP contribution is -2.60. The fraction of sp³-hybridized carbons (Fsp3) is 0.263. The van der Waals surface area contributed by atoms with Gasteiger partial charge >= 0.3 is 0 Å². The molecule has 1 N–H and O–H groups in total. The monoisotopic (exact) mass is 323 g/mol. The van der Waals surface area contributed by atoms with E-state index in [9.17, 15) is 9.18 Å². The van der Waals surface area contributed by atoms with Crippen molar-refractivity contribution >= 4 is 23.0 Å². The van der Waals surface area contributed by atoms with Gasteiger partial charge in [0.05, 0.1) is 11.4 Å². The van der Waals surface area contributed by atoms with Gasteiger partial charge < -0.3 is 5.32 Å². The van der Waals surface area contributed by atoms with Crippen molar-refractivity contribution in [2.24, 2.45) is 5.10 Å². The van der Waals surface area contributed by atoms with E-state index in [0.717, 1.165) is 11.3 Å². The molecule has 1 atom stereocenters. The van der Waals surface area contributed by atoms with Crippen molar-refractivity contribution in [1.82, 2.24) is 0 Å². The van der Waals surface area contributed by atoms with Crippen LogP contribution in [0.5, 0.6) is 0 Å². The Labute approximate surface area is 140 Å². The van der Waals surface area contributed by atoms with Crippen LogP contribution in [0.3, 0.4) is 0 Å². The molecule has 2 aliphatic heterocycles. The first-order valence-corrected chi connectivity index (χ1v) is 7.91. The van der Waals surface area contributed by atoms with Crippen LogP contribution in [0, 0.1) is 5.82 Å². The molecular formula is C19H18FN3O. The lowest BCUT2D eigenvalue weighted by atomic mass is 9.68. The number of rotatable bonds is 1. The number of hydrogen-bond donors (Lipinski definition) is 1. The van der Waals surface area contributed by atoms with Gasteiger partial charge in [-0.3, -0.25) is 4.79 Å². The number of carbonyl (C=O) groups excluding carboxylic acids is 1. The second-order valence-corrected chi connectivity index (χ2v) is 6.83. The SMILES string of the molecule is CC1=NN(c2ccccc2)C(=O)C12Nc1cc(F)ccc1C2(C)C. The number of anilines is 2. The number of benzene rings is 2. The van der Waals surface area contributed by atoms with Gasteiger partial charge in [-0.05, 0) is 36.8 Å². The molecule has 5 heteroatoms. The van der Waals surface area contributed by atoms with Crippen LogP contribution in [0.25, 0.3) is 0 Å². The number of halogens is 1. The Morgan fingerprint density at radius 3 is 2.54 bits per heavy atom. The predicted octanol–water partition coefficient (Wildman–Crippen LogP) is 3.69. The summed E-state index contributed by atoms with van der Waals surface area (Å²) in [6, 6.07) is 14.0. The highest BCUT2D eigenvalue weighted by Gasteiger charge is 2.63. The smallest absolute Gasteiger partial charge is 0.279 e. The summed E-state index contributed by atoms with van der Waals surface area (Å²) in [7, 11) is 0. The van der Waals surface area contributed by atoms with E-state index in [0.29, 0.717) is 11.4 Å². The molecule has 1 spiro atoms. The highest BCUT2D eigenvalue weighted by molar-refractivity contribution is 6.26. The number of carbonyl (C=O) groups is 1. The minimum Gasteiger partial charge on any atom is -0.365 e. The third-order valence-corrected chi connectivity index (χ3v) is 5.22. The molecule has 0 aromatic heterocycles. The van der Waals surface area contributed by atoms with Gasteiger partial charge in [-0.15, -0.1) is 0 Å². The van der Waals surface area contributed by atoms with E-state index < -0.39 is 11.0 Å². The molecule has 24 heavy (non-hydrogen) atoms. The zero-order valence-electron chi connectivity index (χ0n) is 13.8. The Hall–Kier alpha value is -2.69. The first-order chi connectivity index (χ1) is 11.4. The summed E-state index contributed by atoms with van der Waals surface area (Å²) in [6.07, 6.45) is 0. The number of amides is 1. The standard InChI is InChI=1S/C19H18FN3O/c1-12-19(17(24)23(22-12)14-7-5-4-6-8-14)18(2,3)15-10-9-13(20)11-16(15)21-19/h4-11,21H,1-3H3. The lowest BCUT2D eigenvalue weighted by molar-refractivity contribution is -0.121. The summed E-state index contributed by atoms with van der Waals surface area (Å²) in [4.78, 5) is 13.4. The average Bonchev–Trinajstić information content (AvgIpc) is 2.95. The van der Waals surface area contributed by atoms with Crippen LogP contribution < -0.4 is 10.3 Å². The summed E-state index contributed by atoms with van der Waals surface area (Å²) < 4.78 is 13.7. The Bertz CT molecular complexity index is 875. The van der Waals surface area contributed by atoms with Gasteiger partial charge in [-0.25, -0.2) is 4.39 Å². The molecule has 2 aliphatic rings. The zero-order chi connectivity index (χ0) is 17.1. The fourth-order valence-electron chi connectivity index (χ4n) is 3.92. The van der Waals surface area contributed by atoms with Gasteiger partial charge in [0.1, 0.15) is 5.82 Å². The fourth-order valence-corrected chi connectivity index (χ4v) is 3.92. The molecule has 2 aromatic carbocycles. The van der Waals surface area contributed by atoms with Crippen molar-refractivity contribution in [2.45, 2.75) is 31.7 Å². The molecule has 4 nitrogen and oxygen atoms in total. The zero-order valence-corrected chi connectivity index (χ0v) is 13.8. The number of nitrogens with one attached hydrogen (secondary N) is 1. The van der Waals surface area contributed by atoms with Gasteiger partial charge in [0, 0.05) is 11.1 Å². The summed E-state index contributed by atoms with van der Waals surface area (Å²) in [5.74, 6) is -0.470. The highest BCUT2D eigenvalue weighted by Crippen LogP contribution is 2.51. The van der Waals surface area contributed by atoms with Crippen molar-refractivity contribution in [3.8, 4) is 0 Å². The second-order valence-electron chi connectivity index (χ2n) is 6.83. The van der Waals surface area contributed by atoms with Crippen LogP contribution in [-0.4, -0.2) is 17.2 Å². The van der Waals surface area contributed by atoms with Crippen LogP contribution in [0.4, 0.5) is 15.8 Å². The van der Waals surface area contributed by atoms with E-state index in [-0.39, 0.29) is 11.7 Å². The lowest BCUT2D eigenvalue weighted by Gasteiger charge is -2.36. The third-order valence-electron chi connectivity index (χ3n) is 5.22. The molecule has 2 heterocycles. The van der Waals surface area contributed by atoms with E-state index in [1.807, 2.05) is 51.1 Å². The second kappa shape index (κ2) is 4.66. The van der Waals surface area contributed by atoms with Crippen molar-refractivity contribution in [3.05, 3.63) is 59.9 Å². The molecule has 0 saturated heterocycles. The summed E-state index contributed by atoms with van der Waals surface area (Å²) in [6.45, 7) is 5.84. The van der Waals surface area contributed by atoms with E-state index >= 15 is 0 Å². The maximum atomic E-state index is 13.7. The largest absolute Gasteiger partial charge is 0.365 e. The highest BCUT2D eigenvalue weighted by atomic mass is 19.1. The van der Waals surface area contributed by atoms with Crippen molar-refractivity contribution in [2.75, 3.05) is 10.3 Å². The van der Waals surface area contributed by atoms with Crippen LogP contribution in [0.2, 0.25) is 0 Å². The average molecular weight is 323 g/mol. The molecule has 4 rings (SSSR count). The van der Waals surface area contributed by atoms with E-state index in [1.54, 1.807) is 6.07 Å². The molecule has 1 amide bonds. The number of fused-ring (bicyclic) bond motifs is 1. The molecule has 2 aromatic rings. The minimum absolute atomic E-state index is 0.146. The number of para-hydroxylation sites is 1. The predicted molar refractivity (Wildman–Crippen MR) is 92.8 cm³/mol. The Morgan fingerprint density at radius 1 is 1.12 bits per heavy atom. The molecule has 0 radical (unpaired) electrons. The molecule has 122 valence electrons. The molecule has 0 aliphatic carbocycles. The van der Waals surface area contributed by atoms with Gasteiger partial charge in [-0.2, -0.15) is 10.1 Å². The van der Waals surface area contributed by atoms with Crippen molar-refractivity contribution in [3.63, 3.8) is 0 Å².